The lowest BCUT2D eigenvalue weighted by Crippen LogP contribution is -2.13. The van der Waals surface area contributed by atoms with Crippen molar-refractivity contribution in [3.63, 3.8) is 0 Å². The highest BCUT2D eigenvalue weighted by Gasteiger charge is 2.10. The Labute approximate surface area is 155 Å². The summed E-state index contributed by atoms with van der Waals surface area (Å²) >= 11 is 6.03. The number of aromatic nitrogens is 2. The van der Waals surface area contributed by atoms with Crippen molar-refractivity contribution in [2.24, 2.45) is 0 Å². The first-order valence-corrected chi connectivity index (χ1v) is 8.16. The third-order valence-electron chi connectivity index (χ3n) is 3.56. The summed E-state index contributed by atoms with van der Waals surface area (Å²) in [5, 5.41) is 6.15. The third-order valence-corrected chi connectivity index (χ3v) is 3.89. The number of benzene rings is 2. The van der Waals surface area contributed by atoms with Crippen molar-refractivity contribution in [1.29, 1.82) is 0 Å². The molecule has 0 aliphatic rings. The Hall–Kier alpha value is -3.25. The normalized spacial score (nSPS) is 10.2. The van der Waals surface area contributed by atoms with Gasteiger partial charge in [0.05, 0.1) is 16.3 Å². The molecule has 1 aromatic heterocycles. The molecule has 1 heterocycles. The fraction of sp³-hybridized carbons (Fsp3) is 0.0526. The number of amides is 1. The predicted molar refractivity (Wildman–Crippen MR) is 101 cm³/mol. The summed E-state index contributed by atoms with van der Waals surface area (Å²) in [5.41, 5.74) is 2.09. The van der Waals surface area contributed by atoms with Crippen LogP contribution in [0.2, 0.25) is 5.02 Å². The van der Waals surface area contributed by atoms with Crippen LogP contribution >= 0.6 is 11.6 Å². The van der Waals surface area contributed by atoms with Gasteiger partial charge in [-0.1, -0.05) is 35.9 Å². The zero-order chi connectivity index (χ0) is 18.5. The van der Waals surface area contributed by atoms with Crippen LogP contribution in [0.1, 0.15) is 27.6 Å². The Kier molecular flexibility index (Phi) is 5.24. The summed E-state index contributed by atoms with van der Waals surface area (Å²) in [6.45, 7) is 1.50. The molecule has 2 N–H and O–H groups in total. The molecule has 130 valence electrons. The fourth-order valence-corrected chi connectivity index (χ4v) is 2.39. The molecule has 3 aromatic rings. The third kappa shape index (κ3) is 4.23. The van der Waals surface area contributed by atoms with Crippen molar-refractivity contribution < 1.29 is 9.59 Å². The molecule has 0 aliphatic carbocycles. The van der Waals surface area contributed by atoms with Gasteiger partial charge in [0.2, 0.25) is 5.95 Å². The van der Waals surface area contributed by atoms with E-state index in [4.69, 9.17) is 11.6 Å². The van der Waals surface area contributed by atoms with Crippen molar-refractivity contribution in [2.45, 2.75) is 6.92 Å². The number of ketones is 1. The maximum Gasteiger partial charge on any atom is 0.258 e. The minimum atomic E-state index is -0.358. The van der Waals surface area contributed by atoms with Gasteiger partial charge >= 0.3 is 0 Å². The van der Waals surface area contributed by atoms with Crippen LogP contribution in [0, 0.1) is 0 Å². The number of hydrogen-bond donors (Lipinski definition) is 2. The van der Waals surface area contributed by atoms with E-state index in [2.05, 4.69) is 20.6 Å². The first-order chi connectivity index (χ1) is 12.5. The monoisotopic (exact) mass is 366 g/mol. The topological polar surface area (TPSA) is 84.0 Å². The zero-order valence-electron chi connectivity index (χ0n) is 13.9. The van der Waals surface area contributed by atoms with E-state index >= 15 is 0 Å². The van der Waals surface area contributed by atoms with Gasteiger partial charge in [-0.25, -0.2) is 9.97 Å². The van der Waals surface area contributed by atoms with E-state index in [0.717, 1.165) is 0 Å². The summed E-state index contributed by atoms with van der Waals surface area (Å²) < 4.78 is 0. The van der Waals surface area contributed by atoms with Crippen molar-refractivity contribution in [2.75, 3.05) is 10.6 Å². The highest BCUT2D eigenvalue weighted by atomic mass is 35.5. The van der Waals surface area contributed by atoms with Gasteiger partial charge in [0.15, 0.2) is 5.78 Å². The van der Waals surface area contributed by atoms with E-state index < -0.39 is 0 Å². The van der Waals surface area contributed by atoms with Crippen LogP contribution < -0.4 is 10.6 Å². The number of carbonyl (C=O) groups is 2. The average Bonchev–Trinajstić information content (AvgIpc) is 2.64. The molecule has 0 aliphatic heterocycles. The summed E-state index contributed by atoms with van der Waals surface area (Å²) in [6, 6.07) is 14.0. The largest absolute Gasteiger partial charge is 0.324 e. The first-order valence-electron chi connectivity index (χ1n) is 7.79. The van der Waals surface area contributed by atoms with Crippen molar-refractivity contribution in [1.82, 2.24) is 9.97 Å². The molecule has 1 amide bonds. The highest BCUT2D eigenvalue weighted by molar-refractivity contribution is 6.33. The van der Waals surface area contributed by atoms with Gasteiger partial charge in [-0.2, -0.15) is 0 Å². The van der Waals surface area contributed by atoms with E-state index in [0.29, 0.717) is 33.5 Å². The van der Waals surface area contributed by atoms with Gasteiger partial charge in [0.1, 0.15) is 0 Å². The van der Waals surface area contributed by atoms with Crippen molar-refractivity contribution >= 4 is 40.6 Å². The van der Waals surface area contributed by atoms with Crippen LogP contribution in [0.5, 0.6) is 0 Å². The molecule has 6 nitrogen and oxygen atoms in total. The average molecular weight is 367 g/mol. The number of rotatable bonds is 5. The van der Waals surface area contributed by atoms with Gasteiger partial charge < -0.3 is 10.6 Å². The van der Waals surface area contributed by atoms with Crippen LogP contribution in [-0.4, -0.2) is 21.7 Å². The quantitative estimate of drug-likeness (QED) is 0.656. The minimum Gasteiger partial charge on any atom is -0.324 e. The summed E-state index contributed by atoms with van der Waals surface area (Å²) in [6.07, 6.45) is 2.83. The summed E-state index contributed by atoms with van der Waals surface area (Å²) in [5.74, 6) is -0.0654. The van der Waals surface area contributed by atoms with Crippen LogP contribution in [0.4, 0.5) is 17.3 Å². The zero-order valence-corrected chi connectivity index (χ0v) is 14.6. The molecule has 0 unspecified atom stereocenters. The summed E-state index contributed by atoms with van der Waals surface area (Å²) in [4.78, 5) is 31.9. The molecule has 2 aromatic carbocycles. The first kappa shape index (κ1) is 17.6. The van der Waals surface area contributed by atoms with E-state index in [1.165, 1.54) is 19.3 Å². The minimum absolute atomic E-state index is 0.0267. The van der Waals surface area contributed by atoms with E-state index in [1.807, 2.05) is 0 Å². The molecule has 0 radical (unpaired) electrons. The molecule has 26 heavy (non-hydrogen) atoms. The standard InChI is InChI=1S/C19H15ClN4O2/c1-12(25)13-5-4-6-15(9-13)23-19-21-10-14(11-22-19)18(26)24-17-8-3-2-7-16(17)20/h2-11H,1H3,(H,24,26)(H,21,22,23). The Bertz CT molecular complexity index is 958. The van der Waals surface area contributed by atoms with Gasteiger partial charge in [-0.3, -0.25) is 9.59 Å². The Morgan fingerprint density at radius 3 is 2.38 bits per heavy atom. The molecule has 0 saturated heterocycles. The molecule has 0 fully saturated rings. The number of halogens is 1. The number of para-hydroxylation sites is 1. The second-order valence-corrected chi connectivity index (χ2v) is 5.90. The number of nitrogens with one attached hydrogen (secondary N) is 2. The van der Waals surface area contributed by atoms with E-state index in [1.54, 1.807) is 48.5 Å². The lowest BCUT2D eigenvalue weighted by Gasteiger charge is -2.08. The molecule has 0 spiro atoms. The molecular formula is C19H15ClN4O2. The highest BCUT2D eigenvalue weighted by Crippen LogP contribution is 2.21. The second-order valence-electron chi connectivity index (χ2n) is 5.49. The number of hydrogen-bond acceptors (Lipinski definition) is 5. The Balaban J connectivity index is 1.70. The number of carbonyl (C=O) groups excluding carboxylic acids is 2. The number of anilines is 3. The fourth-order valence-electron chi connectivity index (χ4n) is 2.21. The summed E-state index contributed by atoms with van der Waals surface area (Å²) in [7, 11) is 0. The molecular weight excluding hydrogens is 352 g/mol. The van der Waals surface area contributed by atoms with Crippen molar-refractivity contribution in [3.8, 4) is 0 Å². The van der Waals surface area contributed by atoms with Crippen LogP contribution in [0.3, 0.4) is 0 Å². The smallest absolute Gasteiger partial charge is 0.258 e. The predicted octanol–water partition coefficient (Wildman–Crippen LogP) is 4.33. The number of Topliss-reactive ketones (excluding diaryl/α,β-unsaturated/α-hetero) is 1. The van der Waals surface area contributed by atoms with Crippen LogP contribution in [0.25, 0.3) is 0 Å². The van der Waals surface area contributed by atoms with Gasteiger partial charge in [-0.15, -0.1) is 0 Å². The Morgan fingerprint density at radius 2 is 1.69 bits per heavy atom. The maximum absolute atomic E-state index is 12.2. The van der Waals surface area contributed by atoms with Crippen molar-refractivity contribution in [3.05, 3.63) is 77.1 Å². The maximum atomic E-state index is 12.2. The number of nitrogens with zero attached hydrogens (tertiary/aromatic N) is 2. The lowest BCUT2D eigenvalue weighted by molar-refractivity contribution is 0.101. The van der Waals surface area contributed by atoms with Gasteiger partial charge in [0.25, 0.3) is 5.91 Å². The Morgan fingerprint density at radius 1 is 0.962 bits per heavy atom. The lowest BCUT2D eigenvalue weighted by atomic mass is 10.1. The van der Waals surface area contributed by atoms with Gasteiger partial charge in [-0.05, 0) is 31.2 Å². The molecule has 7 heteroatoms. The molecule has 0 bridgehead atoms. The van der Waals surface area contributed by atoms with E-state index in [-0.39, 0.29) is 11.7 Å². The van der Waals surface area contributed by atoms with Crippen LogP contribution in [0.15, 0.2) is 60.9 Å². The van der Waals surface area contributed by atoms with Crippen LogP contribution in [-0.2, 0) is 0 Å². The second kappa shape index (κ2) is 7.76. The molecule has 3 rings (SSSR count). The molecule has 0 atom stereocenters. The SMILES string of the molecule is CC(=O)c1cccc(Nc2ncc(C(=O)Nc3ccccc3Cl)cn2)c1. The molecule has 0 saturated carbocycles. The van der Waals surface area contributed by atoms with Gasteiger partial charge in [0, 0.05) is 23.6 Å². The van der Waals surface area contributed by atoms with E-state index in [9.17, 15) is 9.59 Å².